The van der Waals surface area contributed by atoms with Gasteiger partial charge in [-0.1, -0.05) is 30.3 Å². The van der Waals surface area contributed by atoms with Crippen LogP contribution < -0.4 is 0 Å². The molecule has 1 atom stereocenters. The van der Waals surface area contributed by atoms with Gasteiger partial charge in [-0.05, 0) is 5.56 Å². The third kappa shape index (κ3) is 1.88. The molecule has 1 aliphatic rings. The van der Waals surface area contributed by atoms with Gasteiger partial charge in [-0.25, -0.2) is 0 Å². The molecular weight excluding hydrogens is 235 g/mol. The number of aliphatic hydroxyl groups is 1. The van der Waals surface area contributed by atoms with E-state index in [1.165, 1.54) is 12.1 Å². The van der Waals surface area contributed by atoms with Crippen molar-refractivity contribution in [2.75, 3.05) is 6.54 Å². The van der Waals surface area contributed by atoms with Gasteiger partial charge in [-0.15, -0.1) is 13.2 Å². The van der Waals surface area contributed by atoms with Gasteiger partial charge in [0.15, 0.2) is 5.60 Å². The summed E-state index contributed by atoms with van der Waals surface area (Å²) in [5, 5.41) is 10.1. The summed E-state index contributed by atoms with van der Waals surface area (Å²) >= 11 is 0. The van der Waals surface area contributed by atoms with Crippen LogP contribution in [0, 0.1) is 0 Å². The van der Waals surface area contributed by atoms with E-state index in [0.717, 1.165) is 0 Å². The Balaban J connectivity index is 2.34. The maximum absolute atomic E-state index is 12.5. The van der Waals surface area contributed by atoms with Crippen molar-refractivity contribution in [2.45, 2.75) is 18.3 Å². The van der Waals surface area contributed by atoms with Crippen LogP contribution in [0.4, 0.5) is 13.2 Å². The smallest absolute Gasteiger partial charge is 0.375 e. The van der Waals surface area contributed by atoms with E-state index in [4.69, 9.17) is 0 Å². The molecule has 6 heteroatoms. The normalized spacial score (nSPS) is 25.4. The van der Waals surface area contributed by atoms with Crippen molar-refractivity contribution >= 4 is 5.91 Å². The Labute approximate surface area is 95.5 Å². The van der Waals surface area contributed by atoms with E-state index in [-0.39, 0.29) is 16.9 Å². The first-order valence-corrected chi connectivity index (χ1v) is 5.02. The predicted molar refractivity (Wildman–Crippen MR) is 52.7 cm³/mol. The standard InChI is InChI=1S/C11H10F3NO2/c12-11(13,14)15-7-6-10(17,9(15)16)8-4-2-1-3-5-8/h1-5,17H,6-7H2. The van der Waals surface area contributed by atoms with Crippen molar-refractivity contribution in [2.24, 2.45) is 0 Å². The molecule has 1 heterocycles. The van der Waals surface area contributed by atoms with Gasteiger partial charge in [0.2, 0.25) is 0 Å². The molecule has 0 bridgehead atoms. The first-order chi connectivity index (χ1) is 7.86. The van der Waals surface area contributed by atoms with E-state index in [2.05, 4.69) is 0 Å². The lowest BCUT2D eigenvalue weighted by Crippen LogP contribution is -2.44. The number of benzene rings is 1. The largest absolute Gasteiger partial charge is 0.487 e. The minimum Gasteiger partial charge on any atom is -0.375 e. The number of hydrogen-bond acceptors (Lipinski definition) is 2. The van der Waals surface area contributed by atoms with Crippen LogP contribution >= 0.6 is 0 Å². The summed E-state index contributed by atoms with van der Waals surface area (Å²) in [5.74, 6) is -1.31. The number of amides is 1. The second-order valence-corrected chi connectivity index (χ2v) is 3.90. The van der Waals surface area contributed by atoms with Gasteiger partial charge in [0, 0.05) is 13.0 Å². The molecule has 1 aromatic rings. The van der Waals surface area contributed by atoms with Crippen LogP contribution in [0.15, 0.2) is 30.3 Å². The minimum absolute atomic E-state index is 0.191. The lowest BCUT2D eigenvalue weighted by molar-refractivity contribution is -0.237. The number of likely N-dealkylation sites (tertiary alicyclic amines) is 1. The van der Waals surface area contributed by atoms with Crippen molar-refractivity contribution in [3.63, 3.8) is 0 Å². The second kappa shape index (κ2) is 3.73. The minimum atomic E-state index is -4.74. The molecule has 1 unspecified atom stereocenters. The topological polar surface area (TPSA) is 40.5 Å². The molecule has 92 valence electrons. The van der Waals surface area contributed by atoms with Gasteiger partial charge in [-0.3, -0.25) is 9.69 Å². The highest BCUT2D eigenvalue weighted by atomic mass is 19.4. The predicted octanol–water partition coefficient (Wildman–Crippen LogP) is 1.63. The molecule has 1 saturated heterocycles. The molecule has 0 radical (unpaired) electrons. The number of carbonyl (C=O) groups is 1. The van der Waals surface area contributed by atoms with Crippen LogP contribution in [0.2, 0.25) is 0 Å². The molecule has 1 aromatic carbocycles. The molecule has 1 aliphatic heterocycles. The maximum Gasteiger partial charge on any atom is 0.487 e. The van der Waals surface area contributed by atoms with Gasteiger partial charge in [0.05, 0.1) is 0 Å². The van der Waals surface area contributed by atoms with Crippen LogP contribution in [0.25, 0.3) is 0 Å². The van der Waals surface area contributed by atoms with Crippen molar-refractivity contribution in [3.8, 4) is 0 Å². The number of hydrogen-bond donors (Lipinski definition) is 1. The molecule has 2 rings (SSSR count). The van der Waals surface area contributed by atoms with E-state index in [0.29, 0.717) is 0 Å². The summed E-state index contributed by atoms with van der Waals surface area (Å²) in [4.78, 5) is 11.4. The van der Waals surface area contributed by atoms with Crippen molar-refractivity contribution in [3.05, 3.63) is 35.9 Å². The molecule has 0 spiro atoms. The fraction of sp³-hybridized carbons (Fsp3) is 0.364. The zero-order chi connectivity index (χ0) is 12.7. The average molecular weight is 245 g/mol. The Hall–Kier alpha value is -1.56. The van der Waals surface area contributed by atoms with Crippen LogP contribution in [-0.2, 0) is 10.4 Å². The van der Waals surface area contributed by atoms with Crippen molar-refractivity contribution in [1.29, 1.82) is 0 Å². The van der Waals surface area contributed by atoms with Crippen molar-refractivity contribution < 1.29 is 23.1 Å². The average Bonchev–Trinajstić information content (AvgIpc) is 2.58. The van der Waals surface area contributed by atoms with Crippen LogP contribution in [0.1, 0.15) is 12.0 Å². The number of alkyl halides is 3. The van der Waals surface area contributed by atoms with Crippen molar-refractivity contribution in [1.82, 2.24) is 4.90 Å². The molecule has 3 nitrogen and oxygen atoms in total. The quantitative estimate of drug-likeness (QED) is 0.764. The molecule has 0 aromatic heterocycles. The van der Waals surface area contributed by atoms with E-state index in [9.17, 15) is 23.1 Å². The Morgan fingerprint density at radius 3 is 2.29 bits per heavy atom. The molecular formula is C11H10F3NO2. The van der Waals surface area contributed by atoms with E-state index >= 15 is 0 Å². The Kier molecular flexibility index (Phi) is 2.61. The maximum atomic E-state index is 12.5. The van der Waals surface area contributed by atoms with E-state index in [1.807, 2.05) is 0 Å². The molecule has 1 amide bonds. The second-order valence-electron chi connectivity index (χ2n) is 3.90. The third-order valence-electron chi connectivity index (χ3n) is 2.85. The highest BCUT2D eigenvalue weighted by Gasteiger charge is 2.55. The first-order valence-electron chi connectivity index (χ1n) is 5.02. The SMILES string of the molecule is O=C1N(C(F)(F)F)CCC1(O)c1ccccc1. The lowest BCUT2D eigenvalue weighted by Gasteiger charge is -2.23. The number of rotatable bonds is 1. The summed E-state index contributed by atoms with van der Waals surface area (Å²) in [6, 6.07) is 7.68. The number of halogens is 3. The van der Waals surface area contributed by atoms with E-state index in [1.54, 1.807) is 18.2 Å². The Bertz CT molecular complexity index is 432. The van der Waals surface area contributed by atoms with Crippen LogP contribution in [0.5, 0.6) is 0 Å². The first kappa shape index (κ1) is 11.9. The lowest BCUT2D eigenvalue weighted by atomic mass is 9.92. The summed E-state index contributed by atoms with van der Waals surface area (Å²) < 4.78 is 37.4. The highest BCUT2D eigenvalue weighted by molar-refractivity contribution is 5.88. The van der Waals surface area contributed by atoms with Gasteiger partial charge >= 0.3 is 6.30 Å². The summed E-state index contributed by atoms with van der Waals surface area (Å²) in [6.07, 6.45) is -4.99. The molecule has 0 saturated carbocycles. The fourth-order valence-corrected chi connectivity index (χ4v) is 1.93. The summed E-state index contributed by atoms with van der Waals surface area (Å²) in [6.45, 7) is -0.520. The number of nitrogens with zero attached hydrogens (tertiary/aromatic N) is 1. The zero-order valence-electron chi connectivity index (χ0n) is 8.74. The summed E-state index contributed by atoms with van der Waals surface area (Å²) in [5.41, 5.74) is -1.87. The Morgan fingerprint density at radius 2 is 1.82 bits per heavy atom. The highest BCUT2D eigenvalue weighted by Crippen LogP contribution is 2.38. The fourth-order valence-electron chi connectivity index (χ4n) is 1.93. The molecule has 0 aliphatic carbocycles. The molecule has 1 fully saturated rings. The van der Waals surface area contributed by atoms with Gasteiger partial charge in [0.25, 0.3) is 5.91 Å². The zero-order valence-corrected chi connectivity index (χ0v) is 8.74. The van der Waals surface area contributed by atoms with Crippen LogP contribution in [-0.4, -0.2) is 28.8 Å². The van der Waals surface area contributed by atoms with Gasteiger partial charge < -0.3 is 5.11 Å². The number of carbonyl (C=O) groups excluding carboxylic acids is 1. The van der Waals surface area contributed by atoms with Gasteiger partial charge in [0.1, 0.15) is 0 Å². The van der Waals surface area contributed by atoms with Gasteiger partial charge in [-0.2, -0.15) is 0 Å². The van der Waals surface area contributed by atoms with E-state index < -0.39 is 24.4 Å². The molecule has 1 N–H and O–H groups in total. The summed E-state index contributed by atoms with van der Waals surface area (Å²) in [7, 11) is 0. The third-order valence-corrected chi connectivity index (χ3v) is 2.85. The molecule has 17 heavy (non-hydrogen) atoms. The van der Waals surface area contributed by atoms with Crippen LogP contribution in [0.3, 0.4) is 0 Å². The Morgan fingerprint density at radius 1 is 1.24 bits per heavy atom. The monoisotopic (exact) mass is 245 g/mol.